The molecule has 30 heavy (non-hydrogen) atoms. The molecule has 0 saturated carbocycles. The molecular weight excluding hydrogens is 396 g/mol. The van der Waals surface area contributed by atoms with Gasteiger partial charge in [0.1, 0.15) is 6.54 Å². The largest absolute Gasteiger partial charge is 0.327 e. The topological polar surface area (TPSA) is 58.3 Å². The number of hydrogen-bond acceptors (Lipinski definition) is 3. The molecule has 3 rings (SSSR count). The number of carbonyl (C=O) groups is 2. The predicted octanol–water partition coefficient (Wildman–Crippen LogP) is 0.0539. The Morgan fingerprint density at radius 2 is 1.77 bits per heavy atom. The van der Waals surface area contributed by atoms with Gasteiger partial charge in [0, 0.05) is 5.69 Å². The van der Waals surface area contributed by atoms with Crippen molar-refractivity contribution in [1.82, 2.24) is 4.90 Å². The van der Waals surface area contributed by atoms with E-state index in [0.29, 0.717) is 13.1 Å². The van der Waals surface area contributed by atoms with E-state index in [9.17, 15) is 9.59 Å². The summed E-state index contributed by atoms with van der Waals surface area (Å²) in [6, 6.07) is 8.16. The van der Waals surface area contributed by atoms with E-state index in [2.05, 4.69) is 30.7 Å². The van der Waals surface area contributed by atoms with Crippen LogP contribution in [0, 0.1) is 20.8 Å². The van der Waals surface area contributed by atoms with Crippen LogP contribution < -0.4 is 15.1 Å². The van der Waals surface area contributed by atoms with Crippen molar-refractivity contribution < 1.29 is 19.4 Å². The summed E-state index contributed by atoms with van der Waals surface area (Å²) in [6.07, 6.45) is 0. The van der Waals surface area contributed by atoms with E-state index >= 15 is 0 Å². The Hall–Kier alpha value is -2.22. The molecular formula is C23H34N4O2S+2. The molecule has 2 heterocycles. The van der Waals surface area contributed by atoms with E-state index in [1.807, 2.05) is 36.9 Å². The first-order valence-corrected chi connectivity index (χ1v) is 11.5. The van der Waals surface area contributed by atoms with Crippen molar-refractivity contribution in [3.05, 3.63) is 51.2 Å². The average Bonchev–Trinajstić information content (AvgIpc) is 3.09. The van der Waals surface area contributed by atoms with Gasteiger partial charge in [-0.15, -0.1) is 11.3 Å². The summed E-state index contributed by atoms with van der Waals surface area (Å²) in [4.78, 5) is 31.0. The highest BCUT2D eigenvalue weighted by Crippen LogP contribution is 2.19. The minimum absolute atomic E-state index is 0.0395. The standard InChI is InChI=1S/C23H32N4O2S/c1-17-8-13-30-20(17)14-25(4)16-22(29)27-11-9-26(10-12-27)15-21(28)24-23-18(2)6-5-7-19(23)3/h5-8,13H,9-12,14-16H2,1-4H3,(H,24,28)/p+2. The minimum Gasteiger partial charge on any atom is -0.327 e. The summed E-state index contributed by atoms with van der Waals surface area (Å²) in [6.45, 7) is 11.1. The van der Waals surface area contributed by atoms with E-state index in [1.165, 1.54) is 20.2 Å². The highest BCUT2D eigenvalue weighted by atomic mass is 32.1. The SMILES string of the molecule is Cc1ccsc1C[NH+](C)CC(=O)N1CC[NH+](CC(=O)Nc2c(C)cccc2C)CC1. The Morgan fingerprint density at radius 3 is 2.37 bits per heavy atom. The molecule has 2 aromatic rings. The second-order valence-corrected chi connectivity index (χ2v) is 9.46. The minimum atomic E-state index is 0.0395. The summed E-state index contributed by atoms with van der Waals surface area (Å²) in [5.41, 5.74) is 4.39. The predicted molar refractivity (Wildman–Crippen MR) is 121 cm³/mol. The lowest BCUT2D eigenvalue weighted by atomic mass is 10.1. The summed E-state index contributed by atoms with van der Waals surface area (Å²) in [7, 11) is 2.08. The lowest BCUT2D eigenvalue weighted by Gasteiger charge is -2.32. The van der Waals surface area contributed by atoms with E-state index in [1.54, 1.807) is 11.3 Å². The molecule has 1 atom stereocenters. The molecule has 0 spiro atoms. The highest BCUT2D eigenvalue weighted by Gasteiger charge is 2.27. The van der Waals surface area contributed by atoms with E-state index in [4.69, 9.17) is 0 Å². The quantitative estimate of drug-likeness (QED) is 0.582. The van der Waals surface area contributed by atoms with Crippen molar-refractivity contribution in [1.29, 1.82) is 0 Å². The third-order valence-corrected chi connectivity index (χ3v) is 6.89. The number of piperazine rings is 1. The van der Waals surface area contributed by atoms with Crippen molar-refractivity contribution in [3.63, 3.8) is 0 Å². The van der Waals surface area contributed by atoms with Gasteiger partial charge >= 0.3 is 0 Å². The van der Waals surface area contributed by atoms with Crippen LogP contribution in [0.2, 0.25) is 0 Å². The number of hydrogen-bond donors (Lipinski definition) is 3. The molecule has 162 valence electrons. The lowest BCUT2D eigenvalue weighted by Crippen LogP contribution is -3.16. The van der Waals surface area contributed by atoms with Gasteiger partial charge in [-0.25, -0.2) is 0 Å². The Balaban J connectivity index is 1.42. The zero-order valence-corrected chi connectivity index (χ0v) is 19.3. The summed E-state index contributed by atoms with van der Waals surface area (Å²) in [5, 5.41) is 5.18. The van der Waals surface area contributed by atoms with Gasteiger partial charge in [-0.3, -0.25) is 9.59 Å². The van der Waals surface area contributed by atoms with Gasteiger partial charge in [0.15, 0.2) is 13.1 Å². The summed E-state index contributed by atoms with van der Waals surface area (Å²) >= 11 is 1.76. The fourth-order valence-electron chi connectivity index (χ4n) is 3.96. The second kappa shape index (κ2) is 10.2. The first-order chi connectivity index (χ1) is 14.3. The number of thiophene rings is 1. The number of anilines is 1. The molecule has 1 aliphatic heterocycles. The van der Waals surface area contributed by atoms with Crippen LogP contribution in [0.5, 0.6) is 0 Å². The normalized spacial score (nSPS) is 15.8. The van der Waals surface area contributed by atoms with Crippen LogP contribution in [0.1, 0.15) is 21.6 Å². The second-order valence-electron chi connectivity index (χ2n) is 8.46. The Morgan fingerprint density at radius 1 is 1.10 bits per heavy atom. The monoisotopic (exact) mass is 430 g/mol. The zero-order valence-electron chi connectivity index (χ0n) is 18.5. The number of carbonyl (C=O) groups excluding carboxylic acids is 2. The molecule has 1 fully saturated rings. The van der Waals surface area contributed by atoms with Gasteiger partial charge in [0.2, 0.25) is 0 Å². The molecule has 0 aliphatic carbocycles. The van der Waals surface area contributed by atoms with Crippen molar-refractivity contribution in [2.45, 2.75) is 27.3 Å². The maximum Gasteiger partial charge on any atom is 0.279 e. The molecule has 6 nitrogen and oxygen atoms in total. The number of amides is 2. The number of likely N-dealkylation sites (N-methyl/N-ethyl adjacent to an activating group) is 1. The first kappa shape index (κ1) is 22.5. The average molecular weight is 431 g/mol. The van der Waals surface area contributed by atoms with E-state index in [0.717, 1.165) is 49.5 Å². The Bertz CT molecular complexity index is 867. The molecule has 1 aliphatic rings. The number of aryl methyl sites for hydroxylation is 3. The van der Waals surface area contributed by atoms with Crippen LogP contribution in [0.15, 0.2) is 29.6 Å². The van der Waals surface area contributed by atoms with Crippen LogP contribution in [-0.4, -0.2) is 63.0 Å². The fourth-order valence-corrected chi connectivity index (χ4v) is 4.98. The molecule has 1 unspecified atom stereocenters. The van der Waals surface area contributed by atoms with Crippen molar-refractivity contribution in [2.75, 3.05) is 51.6 Å². The Kier molecular flexibility index (Phi) is 7.64. The van der Waals surface area contributed by atoms with Crippen LogP contribution >= 0.6 is 11.3 Å². The number of nitrogens with one attached hydrogen (secondary N) is 3. The molecule has 0 bridgehead atoms. The van der Waals surface area contributed by atoms with Gasteiger partial charge in [-0.05, 0) is 48.9 Å². The molecule has 1 saturated heterocycles. The van der Waals surface area contributed by atoms with Gasteiger partial charge in [0.25, 0.3) is 11.8 Å². The molecule has 1 aromatic heterocycles. The van der Waals surface area contributed by atoms with E-state index < -0.39 is 0 Å². The van der Waals surface area contributed by atoms with Crippen molar-refractivity contribution >= 4 is 28.8 Å². The van der Waals surface area contributed by atoms with Crippen molar-refractivity contribution in [2.24, 2.45) is 0 Å². The lowest BCUT2D eigenvalue weighted by molar-refractivity contribution is -0.896. The maximum atomic E-state index is 12.7. The van der Waals surface area contributed by atoms with Gasteiger partial charge < -0.3 is 20.0 Å². The molecule has 3 N–H and O–H groups in total. The van der Waals surface area contributed by atoms with Crippen LogP contribution in [0.3, 0.4) is 0 Å². The number of para-hydroxylation sites is 1. The molecule has 0 radical (unpaired) electrons. The van der Waals surface area contributed by atoms with Crippen LogP contribution in [-0.2, 0) is 16.1 Å². The first-order valence-electron chi connectivity index (χ1n) is 10.6. The van der Waals surface area contributed by atoms with Gasteiger partial charge in [0.05, 0.1) is 38.1 Å². The number of rotatable bonds is 7. The van der Waals surface area contributed by atoms with E-state index in [-0.39, 0.29) is 11.8 Å². The van der Waals surface area contributed by atoms with Crippen molar-refractivity contribution in [3.8, 4) is 0 Å². The van der Waals surface area contributed by atoms with Crippen LogP contribution in [0.4, 0.5) is 5.69 Å². The maximum absolute atomic E-state index is 12.7. The summed E-state index contributed by atoms with van der Waals surface area (Å²) < 4.78 is 0. The number of quaternary nitrogens is 2. The number of nitrogens with zero attached hydrogens (tertiary/aromatic N) is 1. The highest BCUT2D eigenvalue weighted by molar-refractivity contribution is 7.10. The van der Waals surface area contributed by atoms with Gasteiger partial charge in [-0.2, -0.15) is 0 Å². The zero-order chi connectivity index (χ0) is 21.7. The summed E-state index contributed by atoms with van der Waals surface area (Å²) in [5.74, 6) is 0.249. The molecule has 2 amide bonds. The third kappa shape index (κ3) is 5.90. The smallest absolute Gasteiger partial charge is 0.279 e. The fraction of sp³-hybridized carbons (Fsp3) is 0.478. The molecule has 7 heteroatoms. The number of benzene rings is 1. The Labute approximate surface area is 183 Å². The van der Waals surface area contributed by atoms with Gasteiger partial charge in [-0.1, -0.05) is 18.2 Å². The third-order valence-electron chi connectivity index (χ3n) is 5.86. The molecule has 1 aromatic carbocycles. The van der Waals surface area contributed by atoms with Crippen LogP contribution in [0.25, 0.3) is 0 Å².